The van der Waals surface area contributed by atoms with Crippen LogP contribution >= 0.6 is 0 Å². The van der Waals surface area contributed by atoms with Crippen LogP contribution in [0.4, 0.5) is 0 Å². The first-order valence-electron chi connectivity index (χ1n) is 8.50. The van der Waals surface area contributed by atoms with Crippen molar-refractivity contribution in [3.05, 3.63) is 48.2 Å². The number of hydrogen-bond acceptors (Lipinski definition) is 5. The molecule has 1 aliphatic rings. The standard InChI is InChI=1S/C19H22N2O4/c22-18(23)14-21-11-4-1-5-12-24-16-8-2-3-9-17(16)25-19-15(13-21)7-6-10-20-19/h2-3,6-10H,1,4-5,11-14H2,(H,22,23). The summed E-state index contributed by atoms with van der Waals surface area (Å²) in [7, 11) is 0. The fourth-order valence-corrected chi connectivity index (χ4v) is 2.84. The van der Waals surface area contributed by atoms with E-state index in [1.54, 1.807) is 6.20 Å². The van der Waals surface area contributed by atoms with Gasteiger partial charge in [-0.05, 0) is 44.0 Å². The quantitative estimate of drug-likeness (QED) is 0.903. The molecule has 0 radical (unpaired) electrons. The summed E-state index contributed by atoms with van der Waals surface area (Å²) < 4.78 is 11.8. The molecule has 1 aromatic carbocycles. The molecule has 0 fully saturated rings. The van der Waals surface area contributed by atoms with E-state index in [2.05, 4.69) is 4.98 Å². The Morgan fingerprint density at radius 2 is 1.96 bits per heavy atom. The normalized spacial score (nSPS) is 16.0. The number of nitrogens with zero attached hydrogens (tertiary/aromatic N) is 2. The third-order valence-electron chi connectivity index (χ3n) is 4.03. The molecule has 0 aliphatic carbocycles. The Morgan fingerprint density at radius 1 is 1.12 bits per heavy atom. The summed E-state index contributed by atoms with van der Waals surface area (Å²) in [6, 6.07) is 11.3. The monoisotopic (exact) mass is 342 g/mol. The minimum absolute atomic E-state index is 0.00141. The fourth-order valence-electron chi connectivity index (χ4n) is 2.84. The highest BCUT2D eigenvalue weighted by molar-refractivity contribution is 5.69. The van der Waals surface area contributed by atoms with E-state index in [-0.39, 0.29) is 6.54 Å². The van der Waals surface area contributed by atoms with Gasteiger partial charge in [0.15, 0.2) is 11.5 Å². The molecule has 1 aromatic heterocycles. The van der Waals surface area contributed by atoms with Gasteiger partial charge in [0.05, 0.1) is 13.2 Å². The summed E-state index contributed by atoms with van der Waals surface area (Å²) in [5, 5.41) is 9.17. The minimum Gasteiger partial charge on any atom is -0.490 e. The lowest BCUT2D eigenvalue weighted by atomic mass is 10.2. The van der Waals surface area contributed by atoms with Gasteiger partial charge in [-0.2, -0.15) is 0 Å². The number of ether oxygens (including phenoxy) is 2. The first-order chi connectivity index (χ1) is 12.2. The van der Waals surface area contributed by atoms with Crippen molar-refractivity contribution in [2.24, 2.45) is 0 Å². The Balaban J connectivity index is 1.90. The van der Waals surface area contributed by atoms with Crippen LogP contribution in [-0.4, -0.2) is 40.7 Å². The molecule has 0 saturated heterocycles. The highest BCUT2D eigenvalue weighted by Gasteiger charge is 2.16. The van der Waals surface area contributed by atoms with Crippen molar-refractivity contribution >= 4 is 5.97 Å². The van der Waals surface area contributed by atoms with Crippen LogP contribution in [0.2, 0.25) is 0 Å². The molecule has 25 heavy (non-hydrogen) atoms. The molecule has 0 bridgehead atoms. The summed E-state index contributed by atoms with van der Waals surface area (Å²) in [6.07, 6.45) is 4.50. The maximum Gasteiger partial charge on any atom is 0.317 e. The number of benzene rings is 1. The van der Waals surface area contributed by atoms with Gasteiger partial charge in [-0.15, -0.1) is 0 Å². The van der Waals surface area contributed by atoms with Gasteiger partial charge >= 0.3 is 5.97 Å². The molecule has 2 heterocycles. The van der Waals surface area contributed by atoms with Crippen molar-refractivity contribution in [3.8, 4) is 17.4 Å². The van der Waals surface area contributed by atoms with Crippen LogP contribution in [0.15, 0.2) is 42.6 Å². The van der Waals surface area contributed by atoms with Crippen molar-refractivity contribution < 1.29 is 19.4 Å². The highest BCUT2D eigenvalue weighted by Crippen LogP contribution is 2.32. The predicted molar refractivity (Wildman–Crippen MR) is 93.0 cm³/mol. The zero-order valence-electron chi connectivity index (χ0n) is 14.1. The van der Waals surface area contributed by atoms with Crippen LogP contribution in [0.25, 0.3) is 0 Å². The van der Waals surface area contributed by atoms with Gasteiger partial charge in [-0.25, -0.2) is 4.98 Å². The van der Waals surface area contributed by atoms with Gasteiger partial charge in [0.25, 0.3) is 0 Å². The van der Waals surface area contributed by atoms with E-state index < -0.39 is 5.97 Å². The number of rotatable bonds is 2. The third kappa shape index (κ3) is 4.93. The molecule has 6 nitrogen and oxygen atoms in total. The zero-order valence-corrected chi connectivity index (χ0v) is 14.1. The summed E-state index contributed by atoms with van der Waals surface area (Å²) in [6.45, 7) is 1.81. The number of fused-ring (bicyclic) bond motifs is 2. The molecule has 6 heteroatoms. The van der Waals surface area contributed by atoms with E-state index in [9.17, 15) is 4.79 Å². The van der Waals surface area contributed by atoms with Crippen molar-refractivity contribution in [2.75, 3.05) is 19.7 Å². The molecule has 0 saturated carbocycles. The summed E-state index contributed by atoms with van der Waals surface area (Å²) in [5.41, 5.74) is 0.859. The number of hydrogen-bond donors (Lipinski definition) is 1. The molecule has 0 spiro atoms. The molecule has 3 rings (SSSR count). The molecular weight excluding hydrogens is 320 g/mol. The fraction of sp³-hybridized carbons (Fsp3) is 0.368. The van der Waals surface area contributed by atoms with Crippen LogP contribution in [-0.2, 0) is 11.3 Å². The van der Waals surface area contributed by atoms with Crippen LogP contribution < -0.4 is 9.47 Å². The Kier molecular flexibility index (Phi) is 5.85. The Bertz CT molecular complexity index is 720. The van der Waals surface area contributed by atoms with E-state index in [0.29, 0.717) is 37.1 Å². The molecule has 1 N–H and O–H groups in total. The lowest BCUT2D eigenvalue weighted by molar-refractivity contribution is -0.138. The van der Waals surface area contributed by atoms with E-state index in [0.717, 1.165) is 24.8 Å². The Labute approximate surface area is 147 Å². The second kappa shape index (κ2) is 8.48. The summed E-state index contributed by atoms with van der Waals surface area (Å²) >= 11 is 0. The van der Waals surface area contributed by atoms with Crippen molar-refractivity contribution in [1.29, 1.82) is 0 Å². The number of carbonyl (C=O) groups is 1. The lowest BCUT2D eigenvalue weighted by Gasteiger charge is -2.21. The number of para-hydroxylation sites is 2. The molecule has 0 atom stereocenters. The highest BCUT2D eigenvalue weighted by atomic mass is 16.5. The van der Waals surface area contributed by atoms with Crippen molar-refractivity contribution in [2.45, 2.75) is 25.8 Å². The van der Waals surface area contributed by atoms with E-state index in [4.69, 9.17) is 14.6 Å². The van der Waals surface area contributed by atoms with Gasteiger partial charge in [-0.3, -0.25) is 9.69 Å². The average Bonchev–Trinajstić information content (AvgIpc) is 2.61. The first kappa shape index (κ1) is 17.2. The predicted octanol–water partition coefficient (Wildman–Crippen LogP) is 3.32. The second-order valence-electron chi connectivity index (χ2n) is 6.03. The number of aromatic nitrogens is 1. The van der Waals surface area contributed by atoms with Gasteiger partial charge < -0.3 is 14.6 Å². The molecule has 132 valence electrons. The lowest BCUT2D eigenvalue weighted by Crippen LogP contribution is -2.30. The molecular formula is C19H22N2O4. The van der Waals surface area contributed by atoms with E-state index in [1.807, 2.05) is 41.3 Å². The summed E-state index contributed by atoms with van der Waals surface area (Å²) in [4.78, 5) is 17.4. The van der Waals surface area contributed by atoms with Crippen LogP contribution in [0, 0.1) is 0 Å². The van der Waals surface area contributed by atoms with Gasteiger partial charge in [0.1, 0.15) is 0 Å². The first-order valence-corrected chi connectivity index (χ1v) is 8.50. The molecule has 1 aliphatic heterocycles. The summed E-state index contributed by atoms with van der Waals surface area (Å²) in [5.74, 6) is 0.963. The van der Waals surface area contributed by atoms with Gasteiger partial charge in [-0.1, -0.05) is 18.2 Å². The molecule has 0 unspecified atom stereocenters. The SMILES string of the molecule is O=C(O)CN1CCCCCOc2ccccc2Oc2ncccc2C1. The third-order valence-corrected chi connectivity index (χ3v) is 4.03. The van der Waals surface area contributed by atoms with Gasteiger partial charge in [0.2, 0.25) is 5.88 Å². The second-order valence-corrected chi connectivity index (χ2v) is 6.03. The van der Waals surface area contributed by atoms with Crippen molar-refractivity contribution in [3.63, 3.8) is 0 Å². The maximum absolute atomic E-state index is 11.2. The van der Waals surface area contributed by atoms with Crippen LogP contribution in [0.5, 0.6) is 17.4 Å². The topological polar surface area (TPSA) is 71.9 Å². The smallest absolute Gasteiger partial charge is 0.317 e. The molecule has 2 aromatic rings. The number of pyridine rings is 1. The average molecular weight is 342 g/mol. The number of carboxylic acid groups (broad SMARTS) is 1. The van der Waals surface area contributed by atoms with Gasteiger partial charge in [0, 0.05) is 18.3 Å². The number of aliphatic carboxylic acids is 1. The van der Waals surface area contributed by atoms with E-state index in [1.165, 1.54) is 0 Å². The van der Waals surface area contributed by atoms with E-state index >= 15 is 0 Å². The zero-order chi connectivity index (χ0) is 17.5. The largest absolute Gasteiger partial charge is 0.490 e. The Hall–Kier alpha value is -2.60. The van der Waals surface area contributed by atoms with Crippen molar-refractivity contribution in [1.82, 2.24) is 9.88 Å². The maximum atomic E-state index is 11.2. The minimum atomic E-state index is -0.829. The van der Waals surface area contributed by atoms with Crippen LogP contribution in [0.3, 0.4) is 0 Å². The molecule has 0 amide bonds. The number of carboxylic acids is 1. The Morgan fingerprint density at radius 3 is 2.80 bits per heavy atom. The van der Waals surface area contributed by atoms with Crippen LogP contribution in [0.1, 0.15) is 24.8 Å².